The molecule has 2 heteroatoms. The fourth-order valence-electron chi connectivity index (χ4n) is 1.94. The van der Waals surface area contributed by atoms with Gasteiger partial charge >= 0.3 is 0 Å². The van der Waals surface area contributed by atoms with Crippen molar-refractivity contribution in [2.45, 2.75) is 0 Å². The van der Waals surface area contributed by atoms with Crippen LogP contribution >= 0.6 is 15.9 Å². The van der Waals surface area contributed by atoms with E-state index in [1.165, 1.54) is 16.5 Å². The summed E-state index contributed by atoms with van der Waals surface area (Å²) in [4.78, 5) is 4.33. The SMILES string of the molecule is Brc1ccccc1-c1ccc2ncccc2c1. The third-order valence-corrected chi connectivity index (χ3v) is 3.48. The molecule has 0 bridgehead atoms. The minimum atomic E-state index is 1.03. The van der Waals surface area contributed by atoms with Crippen LogP contribution in [0.1, 0.15) is 0 Å². The number of hydrogen-bond donors (Lipinski definition) is 0. The van der Waals surface area contributed by atoms with Gasteiger partial charge in [0.05, 0.1) is 5.52 Å². The van der Waals surface area contributed by atoms with E-state index in [2.05, 4.69) is 57.3 Å². The van der Waals surface area contributed by atoms with Crippen LogP contribution in [0.25, 0.3) is 22.0 Å². The van der Waals surface area contributed by atoms with Gasteiger partial charge in [-0.15, -0.1) is 0 Å². The standard InChI is InChI=1S/C15H10BrN/c16-14-6-2-1-5-13(14)11-7-8-15-12(10-11)4-3-9-17-15/h1-10H. The van der Waals surface area contributed by atoms with Gasteiger partial charge in [-0.05, 0) is 35.4 Å². The monoisotopic (exact) mass is 283 g/mol. The number of pyridine rings is 1. The van der Waals surface area contributed by atoms with E-state index in [9.17, 15) is 0 Å². The summed E-state index contributed by atoms with van der Waals surface area (Å²) in [5.74, 6) is 0. The molecule has 17 heavy (non-hydrogen) atoms. The van der Waals surface area contributed by atoms with Crippen LogP contribution < -0.4 is 0 Å². The number of halogens is 1. The highest BCUT2D eigenvalue weighted by molar-refractivity contribution is 9.10. The molecule has 0 atom stereocenters. The molecule has 2 aromatic carbocycles. The van der Waals surface area contributed by atoms with Gasteiger partial charge in [-0.2, -0.15) is 0 Å². The summed E-state index contributed by atoms with van der Waals surface area (Å²) in [6, 6.07) is 18.6. The molecule has 0 amide bonds. The molecule has 1 heterocycles. The van der Waals surface area contributed by atoms with Crippen molar-refractivity contribution >= 4 is 26.8 Å². The third kappa shape index (κ3) is 1.96. The van der Waals surface area contributed by atoms with Gasteiger partial charge in [0, 0.05) is 16.1 Å². The first-order chi connectivity index (χ1) is 8.34. The molecular formula is C15H10BrN. The predicted octanol–water partition coefficient (Wildman–Crippen LogP) is 4.66. The Kier molecular flexibility index (Phi) is 2.65. The molecule has 82 valence electrons. The van der Waals surface area contributed by atoms with Crippen LogP contribution in [0, 0.1) is 0 Å². The van der Waals surface area contributed by atoms with Gasteiger partial charge in [-0.3, -0.25) is 4.98 Å². The molecule has 0 fully saturated rings. The first-order valence-electron chi connectivity index (χ1n) is 5.44. The molecule has 1 aromatic heterocycles. The zero-order valence-corrected chi connectivity index (χ0v) is 10.7. The first-order valence-corrected chi connectivity index (χ1v) is 6.23. The van der Waals surface area contributed by atoms with E-state index >= 15 is 0 Å². The molecule has 0 spiro atoms. The molecule has 0 aliphatic carbocycles. The minimum Gasteiger partial charge on any atom is -0.256 e. The maximum atomic E-state index is 4.33. The average molecular weight is 284 g/mol. The Morgan fingerprint density at radius 1 is 0.882 bits per heavy atom. The summed E-state index contributed by atoms with van der Waals surface area (Å²) in [7, 11) is 0. The van der Waals surface area contributed by atoms with E-state index in [4.69, 9.17) is 0 Å². The number of nitrogens with zero attached hydrogens (tertiary/aromatic N) is 1. The van der Waals surface area contributed by atoms with Crippen molar-refractivity contribution in [1.82, 2.24) is 4.98 Å². The average Bonchev–Trinajstić information content (AvgIpc) is 2.39. The van der Waals surface area contributed by atoms with Crippen molar-refractivity contribution in [2.24, 2.45) is 0 Å². The highest BCUT2D eigenvalue weighted by Crippen LogP contribution is 2.29. The van der Waals surface area contributed by atoms with Gasteiger partial charge in [0.1, 0.15) is 0 Å². The lowest BCUT2D eigenvalue weighted by Gasteiger charge is -2.05. The van der Waals surface area contributed by atoms with Crippen LogP contribution in [0.4, 0.5) is 0 Å². The van der Waals surface area contributed by atoms with Crippen molar-refractivity contribution < 1.29 is 0 Å². The number of hydrogen-bond acceptors (Lipinski definition) is 1. The van der Waals surface area contributed by atoms with E-state index in [1.54, 1.807) is 0 Å². The van der Waals surface area contributed by atoms with Crippen LogP contribution in [-0.2, 0) is 0 Å². The van der Waals surface area contributed by atoms with Gasteiger partial charge < -0.3 is 0 Å². The van der Waals surface area contributed by atoms with E-state index in [0.29, 0.717) is 0 Å². The minimum absolute atomic E-state index is 1.03. The zero-order chi connectivity index (χ0) is 11.7. The summed E-state index contributed by atoms with van der Waals surface area (Å²) in [5, 5.41) is 1.17. The molecule has 3 rings (SSSR count). The molecule has 0 aliphatic rings. The Morgan fingerprint density at radius 2 is 1.76 bits per heavy atom. The van der Waals surface area contributed by atoms with Crippen molar-refractivity contribution in [3.05, 3.63) is 65.3 Å². The molecular weight excluding hydrogens is 274 g/mol. The molecule has 0 aliphatic heterocycles. The Hall–Kier alpha value is -1.67. The van der Waals surface area contributed by atoms with Crippen molar-refractivity contribution in [3.8, 4) is 11.1 Å². The highest BCUT2D eigenvalue weighted by Gasteiger charge is 2.03. The highest BCUT2D eigenvalue weighted by atomic mass is 79.9. The maximum Gasteiger partial charge on any atom is 0.0702 e. The molecule has 0 N–H and O–H groups in total. The molecule has 0 saturated heterocycles. The van der Waals surface area contributed by atoms with Gasteiger partial charge in [-0.1, -0.05) is 46.3 Å². The number of fused-ring (bicyclic) bond motifs is 1. The lowest BCUT2D eigenvalue weighted by molar-refractivity contribution is 1.41. The Morgan fingerprint density at radius 3 is 2.65 bits per heavy atom. The van der Waals surface area contributed by atoms with Gasteiger partial charge in [-0.25, -0.2) is 0 Å². The predicted molar refractivity (Wildman–Crippen MR) is 74.9 cm³/mol. The summed E-state index contributed by atoms with van der Waals surface area (Å²) in [5.41, 5.74) is 3.44. The van der Waals surface area contributed by atoms with Gasteiger partial charge in [0.2, 0.25) is 0 Å². The smallest absolute Gasteiger partial charge is 0.0702 e. The lowest BCUT2D eigenvalue weighted by atomic mass is 10.0. The second-order valence-electron chi connectivity index (χ2n) is 3.89. The summed E-state index contributed by atoms with van der Waals surface area (Å²) >= 11 is 3.58. The largest absolute Gasteiger partial charge is 0.256 e. The summed E-state index contributed by atoms with van der Waals surface area (Å²) in [6.45, 7) is 0. The van der Waals surface area contributed by atoms with Crippen LogP contribution in [0.15, 0.2) is 65.3 Å². The Balaban J connectivity index is 2.22. The normalized spacial score (nSPS) is 10.6. The third-order valence-electron chi connectivity index (χ3n) is 2.79. The van der Waals surface area contributed by atoms with Crippen LogP contribution in [0.3, 0.4) is 0 Å². The van der Waals surface area contributed by atoms with E-state index in [-0.39, 0.29) is 0 Å². The molecule has 3 aromatic rings. The van der Waals surface area contributed by atoms with Crippen molar-refractivity contribution in [2.75, 3.05) is 0 Å². The summed E-state index contributed by atoms with van der Waals surface area (Å²) in [6.07, 6.45) is 1.82. The first kappa shape index (κ1) is 10.5. The van der Waals surface area contributed by atoms with E-state index < -0.39 is 0 Å². The second kappa shape index (κ2) is 4.30. The fraction of sp³-hybridized carbons (Fsp3) is 0. The van der Waals surface area contributed by atoms with Crippen LogP contribution in [0.5, 0.6) is 0 Å². The quantitative estimate of drug-likeness (QED) is 0.633. The molecule has 1 nitrogen and oxygen atoms in total. The molecule has 0 unspecified atom stereocenters. The van der Waals surface area contributed by atoms with E-state index in [0.717, 1.165) is 9.99 Å². The lowest BCUT2D eigenvalue weighted by Crippen LogP contribution is -1.82. The molecule has 0 radical (unpaired) electrons. The van der Waals surface area contributed by atoms with Gasteiger partial charge in [0.25, 0.3) is 0 Å². The van der Waals surface area contributed by atoms with E-state index in [1.807, 2.05) is 24.4 Å². The number of benzene rings is 2. The van der Waals surface area contributed by atoms with Gasteiger partial charge in [0.15, 0.2) is 0 Å². The second-order valence-corrected chi connectivity index (χ2v) is 4.75. The Bertz CT molecular complexity index is 676. The number of aromatic nitrogens is 1. The van der Waals surface area contributed by atoms with Crippen LogP contribution in [0.2, 0.25) is 0 Å². The number of rotatable bonds is 1. The Labute approximate surface area is 108 Å². The zero-order valence-electron chi connectivity index (χ0n) is 9.10. The van der Waals surface area contributed by atoms with Crippen LogP contribution in [-0.4, -0.2) is 4.98 Å². The van der Waals surface area contributed by atoms with Crippen molar-refractivity contribution in [1.29, 1.82) is 0 Å². The molecule has 0 saturated carbocycles. The summed E-state index contributed by atoms with van der Waals surface area (Å²) < 4.78 is 1.11. The topological polar surface area (TPSA) is 12.9 Å². The maximum absolute atomic E-state index is 4.33. The fourth-order valence-corrected chi connectivity index (χ4v) is 2.45. The van der Waals surface area contributed by atoms with Crippen molar-refractivity contribution in [3.63, 3.8) is 0 Å².